The number of phenols is 2. The van der Waals surface area contributed by atoms with Crippen LogP contribution in [0.5, 0.6) is 11.5 Å². The number of aliphatic hydroxyl groups is 2. The van der Waals surface area contributed by atoms with Gasteiger partial charge in [0.25, 0.3) is 0 Å². The maximum atomic E-state index is 14.3. The summed E-state index contributed by atoms with van der Waals surface area (Å²) in [6, 6.07) is 11.2. The molecule has 0 bridgehead atoms. The van der Waals surface area contributed by atoms with Gasteiger partial charge in [-0.1, -0.05) is 26.0 Å². The largest absolute Gasteiger partial charge is 0.508 e. The van der Waals surface area contributed by atoms with Gasteiger partial charge in [-0.15, -0.1) is 0 Å². The number of ether oxygens (including phenoxy) is 2. The Morgan fingerprint density at radius 3 is 1.43 bits per heavy atom. The molecule has 0 amide bonds. The van der Waals surface area contributed by atoms with Crippen LogP contribution in [0.3, 0.4) is 0 Å². The fourth-order valence-electron chi connectivity index (χ4n) is 11.6. The van der Waals surface area contributed by atoms with Crippen LogP contribution in [0.15, 0.2) is 36.4 Å². The first-order valence-corrected chi connectivity index (χ1v) is 17.2. The molecule has 0 aliphatic heterocycles. The van der Waals surface area contributed by atoms with Crippen LogP contribution in [0.1, 0.15) is 86.5 Å². The number of rotatable bonds is 2. The summed E-state index contributed by atoms with van der Waals surface area (Å²) in [6.07, 6.45) is 2.03. The fourth-order valence-corrected chi connectivity index (χ4v) is 11.6. The van der Waals surface area contributed by atoms with Crippen molar-refractivity contribution < 1.29 is 38.7 Å². The van der Waals surface area contributed by atoms with Gasteiger partial charge in [-0.3, -0.25) is 0 Å². The lowest BCUT2D eigenvalue weighted by Gasteiger charge is -2.53. The lowest BCUT2D eigenvalue weighted by atomic mass is 9.54. The summed E-state index contributed by atoms with van der Waals surface area (Å²) in [4.78, 5) is 0. The summed E-state index contributed by atoms with van der Waals surface area (Å²) >= 11 is 0. The Morgan fingerprint density at radius 2 is 1.07 bits per heavy atom. The number of benzene rings is 2. The van der Waals surface area contributed by atoms with Crippen molar-refractivity contribution >= 4 is 0 Å². The molecule has 4 saturated carbocycles. The Kier molecular flexibility index (Phi) is 8.22. The van der Waals surface area contributed by atoms with E-state index in [1.807, 2.05) is 38.1 Å². The summed E-state index contributed by atoms with van der Waals surface area (Å²) in [6.45, 7) is 4.08. The highest BCUT2D eigenvalue weighted by Gasteiger charge is 2.62. The Labute approximate surface area is 271 Å². The van der Waals surface area contributed by atoms with Gasteiger partial charge in [-0.25, -0.2) is 8.78 Å². The van der Waals surface area contributed by atoms with Crippen molar-refractivity contribution in [1.29, 1.82) is 0 Å². The third-order valence-corrected chi connectivity index (χ3v) is 13.8. The second kappa shape index (κ2) is 11.7. The first-order valence-electron chi connectivity index (χ1n) is 17.2. The van der Waals surface area contributed by atoms with Gasteiger partial charge in [-0.05, 0) is 122 Å². The first-order chi connectivity index (χ1) is 21.9. The average molecular weight is 641 g/mol. The van der Waals surface area contributed by atoms with Gasteiger partial charge in [0.15, 0.2) is 0 Å². The molecule has 4 fully saturated rings. The highest BCUT2D eigenvalue weighted by Crippen LogP contribution is 2.63. The predicted octanol–water partition coefficient (Wildman–Crippen LogP) is 6.36. The van der Waals surface area contributed by atoms with Crippen LogP contribution in [0, 0.1) is 34.5 Å². The van der Waals surface area contributed by atoms with Crippen molar-refractivity contribution in [3.8, 4) is 11.5 Å². The third kappa shape index (κ3) is 4.83. The molecule has 0 spiro atoms. The third-order valence-electron chi connectivity index (χ3n) is 13.8. The lowest BCUT2D eigenvalue weighted by molar-refractivity contribution is -0.0977. The Bertz CT molecular complexity index is 1340. The molecule has 0 radical (unpaired) electrons. The molecule has 6 aliphatic rings. The van der Waals surface area contributed by atoms with E-state index in [-0.39, 0.29) is 35.9 Å². The maximum Gasteiger partial charge on any atom is 0.127 e. The normalized spacial score (nSPS) is 45.2. The van der Waals surface area contributed by atoms with E-state index in [4.69, 9.17) is 9.47 Å². The molecule has 0 heterocycles. The van der Waals surface area contributed by atoms with E-state index in [9.17, 15) is 29.2 Å². The SMILES string of the molecule is CO[C@H]1C[C@]2(C)[C@@H](O)[C@@H](F)C[C@H]2[C@@H]2CCc3cc(O)ccc3[C@H]21.CO[C@H]1C[C@]2(C)[C@@H](O)[C@H](F)C[C@H]2[C@@H]2CCc3cc(O)ccc3[C@H]21. The van der Waals surface area contributed by atoms with E-state index in [1.165, 1.54) is 22.3 Å². The van der Waals surface area contributed by atoms with Crippen molar-refractivity contribution in [2.75, 3.05) is 14.2 Å². The highest BCUT2D eigenvalue weighted by molar-refractivity contribution is 5.42. The zero-order valence-corrected chi connectivity index (χ0v) is 27.4. The molecular weight excluding hydrogens is 590 g/mol. The van der Waals surface area contributed by atoms with Crippen LogP contribution >= 0.6 is 0 Å². The van der Waals surface area contributed by atoms with Gasteiger partial charge in [0.2, 0.25) is 0 Å². The highest BCUT2D eigenvalue weighted by atomic mass is 19.1. The number of fused-ring (bicyclic) bond motifs is 10. The van der Waals surface area contributed by atoms with Gasteiger partial charge in [0.05, 0.1) is 24.4 Å². The Balaban J connectivity index is 0.000000147. The van der Waals surface area contributed by atoms with E-state index in [1.54, 1.807) is 26.4 Å². The summed E-state index contributed by atoms with van der Waals surface area (Å²) in [5.74, 6) is 2.16. The smallest absolute Gasteiger partial charge is 0.127 e. The first kappa shape index (κ1) is 32.3. The number of aromatic hydroxyl groups is 2. The number of phenolic OH excluding ortho intramolecular Hbond substituents is 2. The second-order valence-electron chi connectivity index (χ2n) is 15.8. The number of alkyl halides is 2. The topological polar surface area (TPSA) is 99.4 Å². The van der Waals surface area contributed by atoms with Crippen molar-refractivity contribution in [2.45, 2.75) is 114 Å². The van der Waals surface area contributed by atoms with E-state index >= 15 is 0 Å². The average Bonchev–Trinajstić information content (AvgIpc) is 3.42. The van der Waals surface area contributed by atoms with Gasteiger partial charge in [0, 0.05) is 36.9 Å². The summed E-state index contributed by atoms with van der Waals surface area (Å²) < 4.78 is 40.2. The van der Waals surface area contributed by atoms with Gasteiger partial charge < -0.3 is 29.9 Å². The van der Waals surface area contributed by atoms with Crippen molar-refractivity contribution in [3.05, 3.63) is 58.7 Å². The number of aryl methyl sites for hydroxylation is 2. The lowest BCUT2D eigenvalue weighted by Crippen LogP contribution is -2.51. The minimum atomic E-state index is -1.12. The van der Waals surface area contributed by atoms with Crippen molar-refractivity contribution in [2.24, 2.45) is 34.5 Å². The second-order valence-corrected chi connectivity index (χ2v) is 15.8. The molecule has 6 nitrogen and oxygen atoms in total. The molecule has 0 aromatic heterocycles. The maximum absolute atomic E-state index is 14.3. The Hall–Kier alpha value is -2.26. The van der Waals surface area contributed by atoms with Crippen LogP contribution in [-0.4, -0.2) is 71.4 Å². The van der Waals surface area contributed by atoms with Gasteiger partial charge in [-0.2, -0.15) is 0 Å². The number of hydrogen-bond acceptors (Lipinski definition) is 6. The number of aliphatic hydroxyl groups excluding tert-OH is 2. The van der Waals surface area contributed by atoms with Crippen LogP contribution in [-0.2, 0) is 22.3 Å². The standard InChI is InChI=1S/2C19H25FO3/c2*1-19-9-16(23-2)17-12-6-4-11(21)7-10(12)3-5-13(17)14(19)8-15(20)18(19)22/h2*4,6-7,13-18,21-22H,3,5,8-9H2,1-2H3/t13-,14-,15+,16-,17+,18-,19-;13-,14-,15-,16-,17+,18-,19-/m00/s1. The minimum Gasteiger partial charge on any atom is -0.508 e. The summed E-state index contributed by atoms with van der Waals surface area (Å²) in [5, 5.41) is 40.4. The van der Waals surface area contributed by atoms with Crippen LogP contribution in [0.4, 0.5) is 8.78 Å². The van der Waals surface area contributed by atoms with Crippen molar-refractivity contribution in [1.82, 2.24) is 0 Å². The van der Waals surface area contributed by atoms with E-state index in [0.29, 0.717) is 49.0 Å². The number of hydrogen-bond donors (Lipinski definition) is 4. The molecule has 8 rings (SSSR count). The molecule has 14 atom stereocenters. The van der Waals surface area contributed by atoms with Gasteiger partial charge in [0.1, 0.15) is 23.8 Å². The van der Waals surface area contributed by atoms with Gasteiger partial charge >= 0.3 is 0 Å². The molecule has 4 N–H and O–H groups in total. The molecule has 0 saturated heterocycles. The predicted molar refractivity (Wildman–Crippen MR) is 170 cm³/mol. The number of methoxy groups -OCH3 is 2. The van der Waals surface area contributed by atoms with Crippen LogP contribution in [0.25, 0.3) is 0 Å². The molecule has 0 unspecified atom stereocenters. The number of halogens is 2. The van der Waals surface area contributed by atoms with E-state index in [2.05, 4.69) is 0 Å². The minimum absolute atomic E-state index is 0.00945. The molecule has 252 valence electrons. The zero-order chi connectivity index (χ0) is 32.7. The summed E-state index contributed by atoms with van der Waals surface area (Å²) in [7, 11) is 3.43. The van der Waals surface area contributed by atoms with E-state index < -0.39 is 35.4 Å². The molecule has 8 heteroatoms. The summed E-state index contributed by atoms with van der Waals surface area (Å²) in [5.41, 5.74) is 4.07. The Morgan fingerprint density at radius 1 is 0.674 bits per heavy atom. The quantitative estimate of drug-likeness (QED) is 0.305. The molecule has 2 aromatic carbocycles. The monoisotopic (exact) mass is 640 g/mol. The molecule has 46 heavy (non-hydrogen) atoms. The van der Waals surface area contributed by atoms with Crippen LogP contribution in [0.2, 0.25) is 0 Å². The van der Waals surface area contributed by atoms with Crippen molar-refractivity contribution in [3.63, 3.8) is 0 Å². The molecular formula is C38H50F2O6. The van der Waals surface area contributed by atoms with E-state index in [0.717, 1.165) is 25.7 Å². The molecule has 6 aliphatic carbocycles. The zero-order valence-electron chi connectivity index (χ0n) is 27.4. The van der Waals surface area contributed by atoms with Crippen LogP contribution < -0.4 is 0 Å². The fraction of sp³-hybridized carbons (Fsp3) is 0.684. The molecule has 2 aromatic rings.